The summed E-state index contributed by atoms with van der Waals surface area (Å²) in [7, 11) is 0. The lowest BCUT2D eigenvalue weighted by Gasteiger charge is -2.56. The van der Waals surface area contributed by atoms with Gasteiger partial charge in [0.15, 0.2) is 0 Å². The first-order valence-corrected chi connectivity index (χ1v) is 9.37. The number of rotatable bonds is 3. The van der Waals surface area contributed by atoms with Crippen LogP contribution in [-0.2, 0) is 0 Å². The molecular formula is C21H28N2O. The summed E-state index contributed by atoms with van der Waals surface area (Å²) < 4.78 is 0. The molecule has 4 fully saturated rings. The largest absolute Gasteiger partial charge is 0.271 e. The number of nitrogens with one attached hydrogen (secondary N) is 1. The van der Waals surface area contributed by atoms with Gasteiger partial charge < -0.3 is 0 Å². The van der Waals surface area contributed by atoms with Crippen molar-refractivity contribution in [2.24, 2.45) is 28.3 Å². The summed E-state index contributed by atoms with van der Waals surface area (Å²) >= 11 is 0. The minimum Gasteiger partial charge on any atom is -0.267 e. The molecule has 3 nitrogen and oxygen atoms in total. The van der Waals surface area contributed by atoms with Crippen LogP contribution in [0.2, 0.25) is 0 Å². The van der Waals surface area contributed by atoms with Gasteiger partial charge >= 0.3 is 0 Å². The average Bonchev–Trinajstić information content (AvgIpc) is 2.53. The molecule has 24 heavy (non-hydrogen) atoms. The summed E-state index contributed by atoms with van der Waals surface area (Å²) in [5, 5.41) is 4.56. The lowest BCUT2D eigenvalue weighted by atomic mass is 9.48. The van der Waals surface area contributed by atoms with Crippen LogP contribution in [-0.4, -0.2) is 11.6 Å². The van der Waals surface area contributed by atoms with E-state index in [4.69, 9.17) is 0 Å². The van der Waals surface area contributed by atoms with E-state index in [-0.39, 0.29) is 11.3 Å². The third-order valence-electron chi connectivity index (χ3n) is 6.90. The number of hydrazone groups is 1. The standard InChI is InChI=1S/C21H28N2O/c1-13-4-5-19(6-14(13)2)20(24)23-22-15(3)21-10-16-7-17(11-21)9-18(8-16)12-21/h4-6,16-18H,7-12H2,1-3H3,(H,23,24)/b22-15-. The van der Waals surface area contributed by atoms with E-state index in [2.05, 4.69) is 24.4 Å². The first-order chi connectivity index (χ1) is 11.4. The number of amides is 1. The van der Waals surface area contributed by atoms with Gasteiger partial charge in [0.05, 0.1) is 0 Å². The predicted octanol–water partition coefficient (Wildman–Crippen LogP) is 4.63. The van der Waals surface area contributed by atoms with Gasteiger partial charge in [-0.05, 0) is 100 Å². The first-order valence-electron chi connectivity index (χ1n) is 9.37. The van der Waals surface area contributed by atoms with E-state index < -0.39 is 0 Å². The van der Waals surface area contributed by atoms with E-state index in [0.29, 0.717) is 5.56 Å². The van der Waals surface area contributed by atoms with Crippen LogP contribution in [0.15, 0.2) is 23.3 Å². The van der Waals surface area contributed by atoms with Crippen molar-refractivity contribution in [1.82, 2.24) is 5.43 Å². The van der Waals surface area contributed by atoms with Crippen LogP contribution < -0.4 is 5.43 Å². The van der Waals surface area contributed by atoms with E-state index in [1.54, 1.807) is 0 Å². The van der Waals surface area contributed by atoms with E-state index >= 15 is 0 Å². The molecule has 4 bridgehead atoms. The lowest BCUT2D eigenvalue weighted by Crippen LogP contribution is -2.49. The Morgan fingerprint density at radius 2 is 1.62 bits per heavy atom. The maximum Gasteiger partial charge on any atom is 0.271 e. The Kier molecular flexibility index (Phi) is 3.78. The lowest BCUT2D eigenvalue weighted by molar-refractivity contribution is -0.0128. The summed E-state index contributed by atoms with van der Waals surface area (Å²) in [6.45, 7) is 6.23. The van der Waals surface area contributed by atoms with Crippen molar-refractivity contribution in [2.75, 3.05) is 0 Å². The van der Waals surface area contributed by atoms with Crippen LogP contribution in [0.3, 0.4) is 0 Å². The highest BCUT2D eigenvalue weighted by Gasteiger charge is 2.52. The fourth-order valence-corrected chi connectivity index (χ4v) is 5.75. The second-order valence-electron chi connectivity index (χ2n) is 8.64. The molecule has 3 heteroatoms. The zero-order valence-electron chi connectivity index (χ0n) is 15.1. The minimum atomic E-state index is -0.0952. The maximum absolute atomic E-state index is 12.4. The van der Waals surface area contributed by atoms with Gasteiger partial charge in [0.25, 0.3) is 5.91 Å². The quantitative estimate of drug-likeness (QED) is 0.639. The number of carbonyl (C=O) groups excluding carboxylic acids is 1. The number of carbonyl (C=O) groups is 1. The Morgan fingerprint density at radius 3 is 2.17 bits per heavy atom. The van der Waals surface area contributed by atoms with E-state index in [9.17, 15) is 4.79 Å². The molecule has 0 aliphatic heterocycles. The molecule has 1 N–H and O–H groups in total. The average molecular weight is 324 g/mol. The normalized spacial score (nSPS) is 34.5. The summed E-state index contributed by atoms with van der Waals surface area (Å²) in [5.41, 5.74) is 7.29. The topological polar surface area (TPSA) is 41.5 Å². The third-order valence-corrected chi connectivity index (χ3v) is 6.90. The van der Waals surface area contributed by atoms with Crippen molar-refractivity contribution in [1.29, 1.82) is 0 Å². The molecule has 0 unspecified atom stereocenters. The highest BCUT2D eigenvalue weighted by molar-refractivity contribution is 5.96. The van der Waals surface area contributed by atoms with Crippen molar-refractivity contribution in [3.8, 4) is 0 Å². The van der Waals surface area contributed by atoms with Crippen LogP contribution in [0.4, 0.5) is 0 Å². The monoisotopic (exact) mass is 324 g/mol. The van der Waals surface area contributed by atoms with Crippen LogP contribution >= 0.6 is 0 Å². The van der Waals surface area contributed by atoms with E-state index in [0.717, 1.165) is 29.0 Å². The van der Waals surface area contributed by atoms with E-state index in [1.807, 2.05) is 25.1 Å². The molecule has 4 aliphatic carbocycles. The van der Waals surface area contributed by atoms with Gasteiger partial charge in [-0.25, -0.2) is 5.43 Å². The number of nitrogens with zero attached hydrogens (tertiary/aromatic N) is 1. The molecular weight excluding hydrogens is 296 g/mol. The van der Waals surface area contributed by atoms with Crippen LogP contribution in [0.25, 0.3) is 0 Å². The fraction of sp³-hybridized carbons (Fsp3) is 0.619. The van der Waals surface area contributed by atoms with Gasteiger partial charge in [-0.15, -0.1) is 0 Å². The number of hydrogen-bond donors (Lipinski definition) is 1. The predicted molar refractivity (Wildman–Crippen MR) is 97.1 cm³/mol. The molecule has 0 radical (unpaired) electrons. The molecule has 0 saturated heterocycles. The van der Waals surface area contributed by atoms with Gasteiger partial charge in [0.1, 0.15) is 0 Å². The third kappa shape index (κ3) is 2.68. The summed E-state index contributed by atoms with van der Waals surface area (Å²) in [6, 6.07) is 5.83. The Balaban J connectivity index is 1.49. The van der Waals surface area contributed by atoms with Gasteiger partial charge in [-0.3, -0.25) is 4.79 Å². The van der Waals surface area contributed by atoms with Crippen molar-refractivity contribution < 1.29 is 4.79 Å². The molecule has 128 valence electrons. The fourth-order valence-electron chi connectivity index (χ4n) is 5.75. The molecule has 0 atom stereocenters. The summed E-state index contributed by atoms with van der Waals surface area (Å²) in [4.78, 5) is 12.4. The zero-order valence-corrected chi connectivity index (χ0v) is 15.1. The van der Waals surface area contributed by atoms with Crippen molar-refractivity contribution >= 4 is 11.6 Å². The molecule has 5 rings (SSSR count). The van der Waals surface area contributed by atoms with Crippen molar-refractivity contribution in [3.63, 3.8) is 0 Å². The molecule has 0 spiro atoms. The second kappa shape index (κ2) is 5.72. The number of aryl methyl sites for hydroxylation is 2. The second-order valence-corrected chi connectivity index (χ2v) is 8.64. The minimum absolute atomic E-state index is 0.0952. The Labute approximate surface area is 144 Å². The number of benzene rings is 1. The molecule has 1 aromatic rings. The zero-order chi connectivity index (χ0) is 16.9. The summed E-state index contributed by atoms with van der Waals surface area (Å²) in [5.74, 6) is 2.60. The molecule has 4 aliphatic rings. The summed E-state index contributed by atoms with van der Waals surface area (Å²) in [6.07, 6.45) is 8.15. The highest BCUT2D eigenvalue weighted by Crippen LogP contribution is 2.60. The first kappa shape index (κ1) is 15.9. The Morgan fingerprint density at radius 1 is 1.04 bits per heavy atom. The van der Waals surface area contributed by atoms with Crippen LogP contribution in [0.5, 0.6) is 0 Å². The van der Waals surface area contributed by atoms with Gasteiger partial charge in [-0.2, -0.15) is 5.10 Å². The Hall–Kier alpha value is -1.64. The van der Waals surface area contributed by atoms with Gasteiger partial charge in [0, 0.05) is 16.7 Å². The van der Waals surface area contributed by atoms with Crippen LogP contribution in [0, 0.1) is 37.0 Å². The maximum atomic E-state index is 12.4. The van der Waals surface area contributed by atoms with Crippen LogP contribution in [0.1, 0.15) is 66.9 Å². The number of hydrogen-bond acceptors (Lipinski definition) is 2. The molecule has 1 amide bonds. The molecule has 1 aromatic carbocycles. The van der Waals surface area contributed by atoms with Crippen molar-refractivity contribution in [3.05, 3.63) is 34.9 Å². The van der Waals surface area contributed by atoms with Gasteiger partial charge in [-0.1, -0.05) is 6.07 Å². The molecule has 0 heterocycles. The van der Waals surface area contributed by atoms with Gasteiger partial charge in [0.2, 0.25) is 0 Å². The highest BCUT2D eigenvalue weighted by atomic mass is 16.2. The van der Waals surface area contributed by atoms with E-state index in [1.165, 1.54) is 44.1 Å². The Bertz CT molecular complexity index is 669. The smallest absolute Gasteiger partial charge is 0.267 e. The molecule has 0 aromatic heterocycles. The van der Waals surface area contributed by atoms with Crippen molar-refractivity contribution in [2.45, 2.75) is 59.3 Å². The SMILES string of the molecule is C/C(=N/NC(=O)c1ccc(C)c(C)c1)C12CC3CC(CC(C3)C1)C2. The molecule has 4 saturated carbocycles.